The molecule has 0 fully saturated rings. The van der Waals surface area contributed by atoms with Crippen LogP contribution in [0.3, 0.4) is 0 Å². The predicted molar refractivity (Wildman–Crippen MR) is 95.9 cm³/mol. The molecule has 0 saturated carbocycles. The molecule has 1 heterocycles. The maximum absolute atomic E-state index is 12.2. The molecule has 3 rings (SSSR count). The highest BCUT2D eigenvalue weighted by Crippen LogP contribution is 2.35. The van der Waals surface area contributed by atoms with E-state index in [4.69, 9.17) is 9.47 Å². The molecule has 2 aromatic carbocycles. The van der Waals surface area contributed by atoms with Gasteiger partial charge in [0.25, 0.3) is 11.6 Å². The van der Waals surface area contributed by atoms with Crippen LogP contribution in [0.5, 0.6) is 11.5 Å². The van der Waals surface area contributed by atoms with E-state index < -0.39 is 16.7 Å². The highest BCUT2D eigenvalue weighted by atomic mass is 16.6. The number of nitrogens with zero attached hydrogens (tertiary/aromatic N) is 2. The third-order valence-corrected chi connectivity index (χ3v) is 3.83. The van der Waals surface area contributed by atoms with Gasteiger partial charge < -0.3 is 14.8 Å². The number of para-hydroxylation sites is 1. The number of fused-ring (bicyclic) bond motifs is 1. The highest BCUT2D eigenvalue weighted by molar-refractivity contribution is 6.02. The van der Waals surface area contributed by atoms with E-state index in [1.807, 2.05) is 18.2 Å². The van der Waals surface area contributed by atoms with E-state index in [2.05, 4.69) is 5.32 Å². The zero-order valence-electron chi connectivity index (χ0n) is 14.3. The van der Waals surface area contributed by atoms with Crippen molar-refractivity contribution < 1.29 is 24.0 Å². The van der Waals surface area contributed by atoms with Crippen LogP contribution in [0.1, 0.15) is 0 Å². The summed E-state index contributed by atoms with van der Waals surface area (Å²) >= 11 is 0. The largest absolute Gasteiger partial charge is 0.492 e. The van der Waals surface area contributed by atoms with Gasteiger partial charge in [0.1, 0.15) is 24.7 Å². The number of hydrogen-bond donors (Lipinski definition) is 1. The fourth-order valence-electron chi connectivity index (χ4n) is 2.55. The average Bonchev–Trinajstić information content (AvgIpc) is 2.68. The smallest absolute Gasteiger partial charge is 0.271 e. The summed E-state index contributed by atoms with van der Waals surface area (Å²) in [6.07, 6.45) is 0. The van der Waals surface area contributed by atoms with Crippen molar-refractivity contribution in [1.29, 1.82) is 0 Å². The first-order chi connectivity index (χ1) is 13.0. The molecule has 0 atom stereocenters. The molecule has 1 N–H and O–H groups in total. The lowest BCUT2D eigenvalue weighted by Gasteiger charge is -2.28. The van der Waals surface area contributed by atoms with Crippen LogP contribution >= 0.6 is 0 Å². The van der Waals surface area contributed by atoms with Gasteiger partial charge in [-0.25, -0.2) is 0 Å². The summed E-state index contributed by atoms with van der Waals surface area (Å²) < 4.78 is 10.7. The highest BCUT2D eigenvalue weighted by Gasteiger charge is 2.29. The molecule has 0 aromatic heterocycles. The Bertz CT molecular complexity index is 855. The van der Waals surface area contributed by atoms with Crippen molar-refractivity contribution in [2.75, 3.05) is 31.2 Å². The summed E-state index contributed by atoms with van der Waals surface area (Å²) in [5.74, 6) is 0.162. The molecular weight excluding hydrogens is 354 g/mol. The molecule has 27 heavy (non-hydrogen) atoms. The molecule has 140 valence electrons. The summed E-state index contributed by atoms with van der Waals surface area (Å²) in [5, 5.41) is 13.6. The average molecular weight is 371 g/mol. The second-order valence-corrected chi connectivity index (χ2v) is 5.69. The van der Waals surface area contributed by atoms with Crippen molar-refractivity contribution in [1.82, 2.24) is 5.32 Å². The van der Waals surface area contributed by atoms with Crippen LogP contribution in [0.15, 0.2) is 48.5 Å². The summed E-state index contributed by atoms with van der Waals surface area (Å²) in [4.78, 5) is 35.8. The maximum atomic E-state index is 12.2. The van der Waals surface area contributed by atoms with Crippen LogP contribution in [0.2, 0.25) is 0 Å². The fraction of sp³-hybridized carbons (Fsp3) is 0.222. The van der Waals surface area contributed by atoms with E-state index in [9.17, 15) is 19.7 Å². The molecule has 9 nitrogen and oxygen atoms in total. The minimum absolute atomic E-state index is 0.186. The van der Waals surface area contributed by atoms with Crippen molar-refractivity contribution in [3.8, 4) is 11.5 Å². The van der Waals surface area contributed by atoms with Crippen LogP contribution in [0, 0.1) is 10.1 Å². The maximum Gasteiger partial charge on any atom is 0.271 e. The quantitative estimate of drug-likeness (QED) is 0.449. The van der Waals surface area contributed by atoms with Crippen molar-refractivity contribution >= 4 is 23.2 Å². The molecule has 9 heteroatoms. The van der Waals surface area contributed by atoms with Crippen molar-refractivity contribution in [2.24, 2.45) is 0 Å². The number of non-ortho nitro benzene ring substituents is 1. The van der Waals surface area contributed by atoms with Gasteiger partial charge in [-0.3, -0.25) is 24.6 Å². The molecule has 1 aliphatic rings. The van der Waals surface area contributed by atoms with Crippen LogP contribution in [-0.2, 0) is 9.59 Å². The molecule has 0 radical (unpaired) electrons. The Balaban J connectivity index is 1.58. The normalized spacial score (nSPS) is 12.7. The van der Waals surface area contributed by atoms with Gasteiger partial charge in [-0.2, -0.15) is 0 Å². The number of nitro groups is 1. The molecule has 0 bridgehead atoms. The second-order valence-electron chi connectivity index (χ2n) is 5.69. The Morgan fingerprint density at radius 1 is 1.26 bits per heavy atom. The van der Waals surface area contributed by atoms with E-state index in [1.165, 1.54) is 23.1 Å². The van der Waals surface area contributed by atoms with Gasteiger partial charge in [0, 0.05) is 12.1 Å². The van der Waals surface area contributed by atoms with Crippen LogP contribution < -0.4 is 19.7 Å². The van der Waals surface area contributed by atoms with E-state index in [0.717, 1.165) is 0 Å². The monoisotopic (exact) mass is 371 g/mol. The topological polar surface area (TPSA) is 111 Å². The van der Waals surface area contributed by atoms with E-state index in [1.54, 1.807) is 12.1 Å². The van der Waals surface area contributed by atoms with E-state index in [0.29, 0.717) is 11.5 Å². The van der Waals surface area contributed by atoms with Crippen LogP contribution in [0.25, 0.3) is 0 Å². The lowest BCUT2D eigenvalue weighted by molar-refractivity contribution is -0.384. The lowest BCUT2D eigenvalue weighted by atomic mass is 10.2. The number of anilines is 1. The number of nitrogens with one attached hydrogen (secondary N) is 1. The third-order valence-electron chi connectivity index (χ3n) is 3.83. The Hall–Kier alpha value is -3.62. The van der Waals surface area contributed by atoms with Gasteiger partial charge >= 0.3 is 0 Å². The van der Waals surface area contributed by atoms with Crippen LogP contribution in [-0.4, -0.2) is 43.0 Å². The first-order valence-electron chi connectivity index (χ1n) is 8.21. The number of hydrogen-bond acceptors (Lipinski definition) is 6. The van der Waals surface area contributed by atoms with Gasteiger partial charge in [0.05, 0.1) is 17.2 Å². The molecule has 1 aliphatic heterocycles. The molecule has 2 amide bonds. The lowest BCUT2D eigenvalue weighted by Crippen LogP contribution is -2.45. The van der Waals surface area contributed by atoms with Gasteiger partial charge in [-0.1, -0.05) is 18.2 Å². The zero-order chi connectivity index (χ0) is 19.2. The Morgan fingerprint density at radius 3 is 2.78 bits per heavy atom. The minimum Gasteiger partial charge on any atom is -0.492 e. The molecule has 0 unspecified atom stereocenters. The van der Waals surface area contributed by atoms with Crippen molar-refractivity contribution in [3.63, 3.8) is 0 Å². The Kier molecular flexibility index (Phi) is 5.50. The Labute approximate surface area is 154 Å². The summed E-state index contributed by atoms with van der Waals surface area (Å²) in [6, 6.07) is 13.1. The summed E-state index contributed by atoms with van der Waals surface area (Å²) in [5.41, 5.74) is 0.0184. The molecule has 0 aliphatic carbocycles. The number of benzene rings is 2. The SMILES string of the molecule is O=C(CN1C(=O)COc2ccc([N+](=O)[O-])cc21)NCCOc1ccccc1. The number of amides is 2. The van der Waals surface area contributed by atoms with Gasteiger partial charge in [-0.15, -0.1) is 0 Å². The van der Waals surface area contributed by atoms with Crippen LogP contribution in [0.4, 0.5) is 11.4 Å². The Morgan fingerprint density at radius 2 is 2.04 bits per heavy atom. The van der Waals surface area contributed by atoms with Gasteiger partial charge in [0.2, 0.25) is 5.91 Å². The first-order valence-corrected chi connectivity index (χ1v) is 8.21. The van der Waals surface area contributed by atoms with E-state index in [-0.39, 0.29) is 37.7 Å². The summed E-state index contributed by atoms with van der Waals surface area (Å²) in [7, 11) is 0. The number of carbonyl (C=O) groups is 2. The third kappa shape index (κ3) is 4.51. The van der Waals surface area contributed by atoms with Crippen molar-refractivity contribution in [2.45, 2.75) is 0 Å². The second kappa shape index (κ2) is 8.17. The predicted octanol–water partition coefficient (Wildman–Crippen LogP) is 1.52. The van der Waals surface area contributed by atoms with Gasteiger partial charge in [-0.05, 0) is 18.2 Å². The minimum atomic E-state index is -0.571. The molecule has 0 saturated heterocycles. The first kappa shape index (κ1) is 18.2. The van der Waals surface area contributed by atoms with E-state index >= 15 is 0 Å². The van der Waals surface area contributed by atoms with Gasteiger partial charge in [0.15, 0.2) is 6.61 Å². The number of rotatable bonds is 7. The summed E-state index contributed by atoms with van der Waals surface area (Å²) in [6.45, 7) is 0.0415. The number of carbonyl (C=O) groups excluding carboxylic acids is 2. The molecular formula is C18H17N3O6. The number of nitro benzene ring substituents is 1. The molecule has 0 spiro atoms. The molecule has 2 aromatic rings. The fourth-order valence-corrected chi connectivity index (χ4v) is 2.55. The standard InChI is InChI=1S/C18H17N3O6/c22-17(19-8-9-26-14-4-2-1-3-5-14)11-20-15-10-13(21(24)25)6-7-16(15)27-12-18(20)23/h1-7,10H,8-9,11-12H2,(H,19,22). The van der Waals surface area contributed by atoms with Crippen molar-refractivity contribution in [3.05, 3.63) is 58.6 Å². The number of ether oxygens (including phenoxy) is 2. The zero-order valence-corrected chi connectivity index (χ0v) is 14.3.